The maximum absolute atomic E-state index is 6.49. The van der Waals surface area contributed by atoms with Crippen LogP contribution < -0.4 is 44.1 Å². The first-order valence-electron chi connectivity index (χ1n) is 16.2. The number of rotatable bonds is 14. The molecule has 6 rings (SSSR count). The molecular formula is C34H40Cl2N8O5. The standard InChI is InChI=1S/C34H40Cl2N8O5/c1-45-25-3-5-29(27(35)19-25)47-17-7-23-21-39-33(31(41-23)43-13-9-37-10-14-43)49-34-32(44-15-11-38-12-16-44)42-24(22-40-34)8-18-48-30-6-4-26(46-2)20-28(30)36/h3-6,19-22,37-38H,7-18H2,1-2H3. The number of nitrogens with zero attached hydrogens (tertiary/aromatic N) is 6. The van der Waals surface area contributed by atoms with Crippen molar-refractivity contribution in [2.75, 3.05) is 89.6 Å². The van der Waals surface area contributed by atoms with Gasteiger partial charge >= 0.3 is 0 Å². The highest BCUT2D eigenvalue weighted by Crippen LogP contribution is 2.34. The molecule has 15 heteroatoms. The topological polar surface area (TPSA) is 128 Å². The first kappa shape index (κ1) is 34.6. The van der Waals surface area contributed by atoms with Crippen molar-refractivity contribution in [1.82, 2.24) is 30.6 Å². The summed E-state index contributed by atoms with van der Waals surface area (Å²) in [5.41, 5.74) is 1.54. The van der Waals surface area contributed by atoms with E-state index in [1.165, 1.54) is 0 Å². The Labute approximate surface area is 295 Å². The van der Waals surface area contributed by atoms with Gasteiger partial charge in [0.15, 0.2) is 11.6 Å². The lowest BCUT2D eigenvalue weighted by Gasteiger charge is -2.31. The van der Waals surface area contributed by atoms with Crippen molar-refractivity contribution in [1.29, 1.82) is 0 Å². The Morgan fingerprint density at radius 2 is 1.08 bits per heavy atom. The van der Waals surface area contributed by atoms with E-state index < -0.39 is 0 Å². The van der Waals surface area contributed by atoms with Gasteiger partial charge in [-0.05, 0) is 24.3 Å². The van der Waals surface area contributed by atoms with Gasteiger partial charge in [-0.2, -0.15) is 0 Å². The van der Waals surface area contributed by atoms with Gasteiger partial charge in [0.05, 0.1) is 61.3 Å². The van der Waals surface area contributed by atoms with Crippen molar-refractivity contribution < 1.29 is 23.7 Å². The average molecular weight is 712 g/mol. The molecule has 2 aliphatic rings. The number of benzene rings is 2. The number of methoxy groups -OCH3 is 2. The molecule has 0 spiro atoms. The summed E-state index contributed by atoms with van der Waals surface area (Å²) in [6, 6.07) is 10.7. The van der Waals surface area contributed by atoms with E-state index in [9.17, 15) is 0 Å². The minimum Gasteiger partial charge on any atom is -0.497 e. The monoisotopic (exact) mass is 710 g/mol. The largest absolute Gasteiger partial charge is 0.497 e. The van der Waals surface area contributed by atoms with Gasteiger partial charge in [-0.1, -0.05) is 23.2 Å². The van der Waals surface area contributed by atoms with Crippen LogP contribution in [0.15, 0.2) is 48.8 Å². The fourth-order valence-corrected chi connectivity index (χ4v) is 5.88. The SMILES string of the molecule is COc1ccc(OCCc2cnc(Oc3ncc(CCOc4ccc(OC)cc4Cl)nc3N3CCNCC3)c(N3CCNCC3)n2)c(Cl)c1. The highest BCUT2D eigenvalue weighted by atomic mass is 35.5. The molecule has 4 heterocycles. The van der Waals surface area contributed by atoms with E-state index in [0.29, 0.717) is 82.5 Å². The number of ether oxygens (including phenoxy) is 5. The number of aromatic nitrogens is 4. The van der Waals surface area contributed by atoms with Crippen molar-refractivity contribution in [3.05, 3.63) is 70.2 Å². The van der Waals surface area contributed by atoms with Crippen LogP contribution in [0.1, 0.15) is 11.4 Å². The molecule has 0 atom stereocenters. The average Bonchev–Trinajstić information content (AvgIpc) is 3.14. The van der Waals surface area contributed by atoms with E-state index in [1.807, 2.05) is 12.1 Å². The third kappa shape index (κ3) is 9.04. The molecule has 2 aromatic heterocycles. The molecule has 0 radical (unpaired) electrons. The van der Waals surface area contributed by atoms with Crippen molar-refractivity contribution in [3.8, 4) is 34.8 Å². The van der Waals surface area contributed by atoms with Crippen LogP contribution in [0.5, 0.6) is 34.8 Å². The Morgan fingerprint density at radius 3 is 1.47 bits per heavy atom. The summed E-state index contributed by atoms with van der Waals surface area (Å²) >= 11 is 12.7. The second kappa shape index (κ2) is 16.9. The van der Waals surface area contributed by atoms with Gasteiger partial charge in [0, 0.05) is 77.3 Å². The zero-order chi connectivity index (χ0) is 34.0. The Bertz CT molecular complexity index is 1580. The molecule has 2 aromatic carbocycles. The van der Waals surface area contributed by atoms with Gasteiger partial charge in [0.1, 0.15) is 23.0 Å². The fourth-order valence-electron chi connectivity index (χ4n) is 5.43. The lowest BCUT2D eigenvalue weighted by molar-refractivity contribution is 0.319. The second-order valence-electron chi connectivity index (χ2n) is 11.3. The molecule has 2 fully saturated rings. The van der Waals surface area contributed by atoms with E-state index in [4.69, 9.17) is 66.8 Å². The van der Waals surface area contributed by atoms with Gasteiger partial charge in [-0.25, -0.2) is 19.9 Å². The first-order chi connectivity index (χ1) is 24.0. The normalized spacial score (nSPS) is 14.8. The van der Waals surface area contributed by atoms with Crippen LogP contribution in [0.25, 0.3) is 0 Å². The number of hydrogen-bond donors (Lipinski definition) is 2. The van der Waals surface area contributed by atoms with Gasteiger partial charge in [-0.15, -0.1) is 0 Å². The van der Waals surface area contributed by atoms with Gasteiger partial charge in [0.2, 0.25) is 0 Å². The van der Waals surface area contributed by atoms with E-state index in [0.717, 1.165) is 63.7 Å². The highest BCUT2D eigenvalue weighted by Gasteiger charge is 2.24. The summed E-state index contributed by atoms with van der Waals surface area (Å²) in [6.45, 7) is 7.11. The predicted molar refractivity (Wildman–Crippen MR) is 189 cm³/mol. The molecule has 0 aliphatic carbocycles. The van der Waals surface area contributed by atoms with Crippen molar-refractivity contribution in [3.63, 3.8) is 0 Å². The summed E-state index contributed by atoms with van der Waals surface area (Å²) in [5, 5.41) is 7.76. The molecule has 2 aliphatic heterocycles. The molecule has 4 aromatic rings. The Morgan fingerprint density at radius 1 is 0.653 bits per heavy atom. The predicted octanol–water partition coefficient (Wildman–Crippen LogP) is 4.45. The summed E-state index contributed by atoms with van der Waals surface area (Å²) in [6.07, 6.45) is 4.49. The Hall–Kier alpha value is -4.30. The number of nitrogens with one attached hydrogen (secondary N) is 2. The van der Waals surface area contributed by atoms with Crippen LogP contribution in [-0.4, -0.2) is 99.7 Å². The van der Waals surface area contributed by atoms with E-state index >= 15 is 0 Å². The number of anilines is 2. The zero-order valence-electron chi connectivity index (χ0n) is 27.6. The number of piperazine rings is 2. The number of halogens is 2. The van der Waals surface area contributed by atoms with Crippen LogP contribution in [0.2, 0.25) is 10.0 Å². The maximum atomic E-state index is 6.49. The van der Waals surface area contributed by atoms with E-state index in [-0.39, 0.29) is 0 Å². The minimum absolute atomic E-state index is 0.371. The first-order valence-corrected chi connectivity index (χ1v) is 17.0. The van der Waals surface area contributed by atoms with Crippen molar-refractivity contribution in [2.45, 2.75) is 12.8 Å². The molecule has 2 N–H and O–H groups in total. The zero-order valence-corrected chi connectivity index (χ0v) is 29.1. The molecule has 2 saturated heterocycles. The van der Waals surface area contributed by atoms with E-state index in [2.05, 4.69) is 20.4 Å². The van der Waals surface area contributed by atoms with Crippen LogP contribution in [0.4, 0.5) is 11.6 Å². The summed E-state index contributed by atoms with van der Waals surface area (Å²) in [7, 11) is 3.20. The van der Waals surface area contributed by atoms with Gasteiger partial charge < -0.3 is 44.1 Å². The molecule has 260 valence electrons. The van der Waals surface area contributed by atoms with Crippen LogP contribution in [0, 0.1) is 0 Å². The van der Waals surface area contributed by atoms with E-state index in [1.54, 1.807) is 50.9 Å². The summed E-state index contributed by atoms with van der Waals surface area (Å²) in [5.74, 6) is 4.56. The smallest absolute Gasteiger partial charge is 0.264 e. The highest BCUT2D eigenvalue weighted by molar-refractivity contribution is 6.32. The quantitative estimate of drug-likeness (QED) is 0.192. The molecule has 13 nitrogen and oxygen atoms in total. The molecular weight excluding hydrogens is 671 g/mol. The van der Waals surface area contributed by atoms with Crippen LogP contribution in [0.3, 0.4) is 0 Å². The summed E-state index contributed by atoms with van der Waals surface area (Å²) in [4.78, 5) is 23.8. The molecule has 0 saturated carbocycles. The van der Waals surface area contributed by atoms with Crippen molar-refractivity contribution >= 4 is 34.8 Å². The molecule has 49 heavy (non-hydrogen) atoms. The lowest BCUT2D eigenvalue weighted by Crippen LogP contribution is -2.44. The van der Waals surface area contributed by atoms with Crippen LogP contribution in [-0.2, 0) is 12.8 Å². The maximum Gasteiger partial charge on any atom is 0.264 e. The Kier molecular flexibility index (Phi) is 11.9. The van der Waals surface area contributed by atoms with Crippen molar-refractivity contribution in [2.24, 2.45) is 0 Å². The molecule has 0 unspecified atom stereocenters. The number of hydrogen-bond acceptors (Lipinski definition) is 13. The third-order valence-corrected chi connectivity index (χ3v) is 8.67. The molecule has 0 amide bonds. The van der Waals surface area contributed by atoms with Gasteiger partial charge in [0.25, 0.3) is 11.8 Å². The second-order valence-corrected chi connectivity index (χ2v) is 12.2. The molecule has 0 bridgehead atoms. The third-order valence-electron chi connectivity index (χ3n) is 8.08. The minimum atomic E-state index is 0.371. The summed E-state index contributed by atoms with van der Waals surface area (Å²) < 4.78 is 28.9. The Balaban J connectivity index is 1.19. The van der Waals surface area contributed by atoms with Gasteiger partial charge in [-0.3, -0.25) is 0 Å². The van der Waals surface area contributed by atoms with Crippen LogP contribution >= 0.6 is 23.2 Å². The fraction of sp³-hybridized carbons (Fsp3) is 0.412. The lowest BCUT2D eigenvalue weighted by atomic mass is 10.3.